The van der Waals surface area contributed by atoms with Crippen molar-refractivity contribution in [2.24, 2.45) is 0 Å². The van der Waals surface area contributed by atoms with E-state index in [1.807, 2.05) is 0 Å². The Labute approximate surface area is 299 Å². The lowest BCUT2D eigenvalue weighted by atomic mass is 9.93. The van der Waals surface area contributed by atoms with Crippen molar-refractivity contribution in [2.45, 2.75) is 0 Å². The second kappa shape index (κ2) is 13.3. The zero-order valence-electron chi connectivity index (χ0n) is 28.2. The minimum absolute atomic E-state index is 1.10. The first-order valence-corrected chi connectivity index (χ1v) is 17.5. The van der Waals surface area contributed by atoms with Crippen molar-refractivity contribution < 1.29 is 0 Å². The Hall–Kier alpha value is -6.70. The molecule has 0 aromatic heterocycles. The summed E-state index contributed by atoms with van der Waals surface area (Å²) < 4.78 is 0. The summed E-state index contributed by atoms with van der Waals surface area (Å²) in [6.07, 6.45) is 0. The average molecular weight is 650 g/mol. The van der Waals surface area contributed by atoms with Crippen LogP contribution in [0.3, 0.4) is 0 Å². The summed E-state index contributed by atoms with van der Waals surface area (Å²) in [5.41, 5.74) is 13.0. The summed E-state index contributed by atoms with van der Waals surface area (Å²) in [4.78, 5) is 2.36. The van der Waals surface area contributed by atoms with Crippen LogP contribution < -0.4 is 4.90 Å². The molecule has 0 atom stereocenters. The molecule has 0 bridgehead atoms. The maximum absolute atomic E-state index is 2.36. The van der Waals surface area contributed by atoms with Gasteiger partial charge in [-0.05, 0) is 109 Å². The molecule has 0 fully saturated rings. The summed E-state index contributed by atoms with van der Waals surface area (Å²) >= 11 is 0. The average Bonchev–Trinajstić information content (AvgIpc) is 3.22. The second-order valence-electron chi connectivity index (χ2n) is 13.0. The number of anilines is 3. The van der Waals surface area contributed by atoms with E-state index in [9.17, 15) is 0 Å². The van der Waals surface area contributed by atoms with Gasteiger partial charge in [-0.1, -0.05) is 170 Å². The van der Waals surface area contributed by atoms with Crippen molar-refractivity contribution >= 4 is 38.6 Å². The first kappa shape index (κ1) is 30.4. The number of fused-ring (bicyclic) bond motifs is 3. The number of benzene rings is 9. The summed E-state index contributed by atoms with van der Waals surface area (Å²) in [6.45, 7) is 0. The van der Waals surface area contributed by atoms with Gasteiger partial charge in [0, 0.05) is 17.1 Å². The molecule has 0 saturated carbocycles. The molecule has 9 rings (SSSR count). The fraction of sp³-hybridized carbons (Fsp3) is 0. The quantitative estimate of drug-likeness (QED) is 0.155. The van der Waals surface area contributed by atoms with E-state index >= 15 is 0 Å². The van der Waals surface area contributed by atoms with E-state index in [0.29, 0.717) is 0 Å². The Kier molecular flexibility index (Phi) is 7.92. The van der Waals surface area contributed by atoms with Crippen LogP contribution in [0.25, 0.3) is 66.1 Å². The van der Waals surface area contributed by atoms with Crippen LogP contribution in [0, 0.1) is 0 Å². The van der Waals surface area contributed by atoms with Crippen molar-refractivity contribution in [1.82, 2.24) is 0 Å². The lowest BCUT2D eigenvalue weighted by Gasteiger charge is -2.26. The van der Waals surface area contributed by atoms with Gasteiger partial charge in [-0.2, -0.15) is 0 Å². The van der Waals surface area contributed by atoms with Gasteiger partial charge in [-0.25, -0.2) is 0 Å². The third-order valence-corrected chi connectivity index (χ3v) is 9.87. The van der Waals surface area contributed by atoms with E-state index in [4.69, 9.17) is 0 Å². The highest BCUT2D eigenvalue weighted by Gasteiger charge is 2.16. The van der Waals surface area contributed by atoms with E-state index in [0.717, 1.165) is 17.1 Å². The van der Waals surface area contributed by atoms with E-state index in [1.54, 1.807) is 0 Å². The van der Waals surface area contributed by atoms with Crippen LogP contribution in [-0.4, -0.2) is 0 Å². The van der Waals surface area contributed by atoms with Crippen LogP contribution in [0.2, 0.25) is 0 Å². The van der Waals surface area contributed by atoms with E-state index in [-0.39, 0.29) is 0 Å². The number of nitrogens with zero attached hydrogens (tertiary/aromatic N) is 1. The van der Waals surface area contributed by atoms with E-state index in [1.165, 1.54) is 66.1 Å². The first-order chi connectivity index (χ1) is 25.3. The molecule has 9 aromatic carbocycles. The van der Waals surface area contributed by atoms with Crippen LogP contribution in [0.5, 0.6) is 0 Å². The molecule has 9 aromatic rings. The Morgan fingerprint density at radius 2 is 0.647 bits per heavy atom. The molecular formula is C50H35N. The van der Waals surface area contributed by atoms with E-state index < -0.39 is 0 Å². The van der Waals surface area contributed by atoms with Crippen molar-refractivity contribution in [1.29, 1.82) is 0 Å². The molecule has 51 heavy (non-hydrogen) atoms. The zero-order chi connectivity index (χ0) is 34.0. The molecule has 0 aliphatic heterocycles. The minimum atomic E-state index is 1.10. The van der Waals surface area contributed by atoms with Gasteiger partial charge in [0.2, 0.25) is 0 Å². The van der Waals surface area contributed by atoms with Gasteiger partial charge >= 0.3 is 0 Å². The number of hydrogen-bond donors (Lipinski definition) is 0. The third kappa shape index (κ3) is 5.96. The lowest BCUT2D eigenvalue weighted by molar-refractivity contribution is 1.28. The van der Waals surface area contributed by atoms with Crippen molar-refractivity contribution in [3.05, 3.63) is 212 Å². The summed E-state index contributed by atoms with van der Waals surface area (Å²) in [5, 5.41) is 5.06. The standard InChI is InChI=1S/C50H35N/c1-3-12-36(13-4-1)38-22-24-39(25-23-38)41-28-32-45(33-29-41)51(44-30-26-40(27-31-44)37-14-5-2-6-15-37)46-18-11-17-42(34-46)50-35-43-16-7-8-19-47(43)48-20-9-10-21-49(48)50/h1-35H. The molecular weight excluding hydrogens is 615 g/mol. The highest BCUT2D eigenvalue weighted by Crippen LogP contribution is 2.41. The SMILES string of the molecule is c1ccc(-c2ccc(-c3ccc(N(c4ccc(-c5ccccc5)cc4)c4cccc(-c5cc6ccccc6c6ccccc56)c4)cc3)cc2)cc1. The van der Waals surface area contributed by atoms with Crippen LogP contribution in [0.15, 0.2) is 212 Å². The first-order valence-electron chi connectivity index (χ1n) is 17.5. The predicted octanol–water partition coefficient (Wildman–Crippen LogP) is 14.1. The number of hydrogen-bond acceptors (Lipinski definition) is 1. The van der Waals surface area contributed by atoms with Crippen LogP contribution >= 0.6 is 0 Å². The van der Waals surface area contributed by atoms with Crippen LogP contribution in [0.4, 0.5) is 17.1 Å². The van der Waals surface area contributed by atoms with Gasteiger partial charge in [0.05, 0.1) is 0 Å². The monoisotopic (exact) mass is 649 g/mol. The van der Waals surface area contributed by atoms with Crippen molar-refractivity contribution in [2.75, 3.05) is 4.90 Å². The fourth-order valence-corrected chi connectivity index (χ4v) is 7.28. The molecule has 0 saturated heterocycles. The maximum atomic E-state index is 2.36. The molecule has 0 aliphatic rings. The highest BCUT2D eigenvalue weighted by atomic mass is 15.1. The highest BCUT2D eigenvalue weighted by molar-refractivity contribution is 6.13. The Morgan fingerprint density at radius 1 is 0.235 bits per heavy atom. The topological polar surface area (TPSA) is 3.24 Å². The van der Waals surface area contributed by atoms with E-state index in [2.05, 4.69) is 217 Å². The smallest absolute Gasteiger partial charge is 0.0467 e. The fourth-order valence-electron chi connectivity index (χ4n) is 7.28. The van der Waals surface area contributed by atoms with Gasteiger partial charge in [0.25, 0.3) is 0 Å². The Bertz CT molecular complexity index is 2590. The summed E-state index contributed by atoms with van der Waals surface area (Å²) in [5.74, 6) is 0. The summed E-state index contributed by atoms with van der Waals surface area (Å²) in [6, 6.07) is 76.6. The van der Waals surface area contributed by atoms with Gasteiger partial charge < -0.3 is 4.90 Å². The van der Waals surface area contributed by atoms with Gasteiger partial charge in [0.1, 0.15) is 0 Å². The van der Waals surface area contributed by atoms with Gasteiger partial charge in [0.15, 0.2) is 0 Å². The van der Waals surface area contributed by atoms with Gasteiger partial charge in [-0.15, -0.1) is 0 Å². The third-order valence-electron chi connectivity index (χ3n) is 9.87. The minimum Gasteiger partial charge on any atom is -0.310 e. The Morgan fingerprint density at radius 3 is 1.20 bits per heavy atom. The molecule has 1 heteroatoms. The molecule has 1 nitrogen and oxygen atoms in total. The summed E-state index contributed by atoms with van der Waals surface area (Å²) in [7, 11) is 0. The normalized spacial score (nSPS) is 11.1. The predicted molar refractivity (Wildman–Crippen MR) is 218 cm³/mol. The maximum Gasteiger partial charge on any atom is 0.0467 e. The van der Waals surface area contributed by atoms with Crippen LogP contribution in [-0.2, 0) is 0 Å². The number of rotatable bonds is 7. The zero-order valence-corrected chi connectivity index (χ0v) is 28.2. The van der Waals surface area contributed by atoms with Crippen molar-refractivity contribution in [3.8, 4) is 44.5 Å². The molecule has 240 valence electrons. The molecule has 0 radical (unpaired) electrons. The molecule has 0 spiro atoms. The Balaban J connectivity index is 1.13. The van der Waals surface area contributed by atoms with Gasteiger partial charge in [-0.3, -0.25) is 0 Å². The van der Waals surface area contributed by atoms with Crippen molar-refractivity contribution in [3.63, 3.8) is 0 Å². The molecule has 0 N–H and O–H groups in total. The van der Waals surface area contributed by atoms with Crippen LogP contribution in [0.1, 0.15) is 0 Å². The molecule has 0 amide bonds. The lowest BCUT2D eigenvalue weighted by Crippen LogP contribution is -2.10. The molecule has 0 unspecified atom stereocenters. The molecule has 0 heterocycles. The second-order valence-corrected chi connectivity index (χ2v) is 13.0. The largest absolute Gasteiger partial charge is 0.310 e. The molecule has 0 aliphatic carbocycles.